The van der Waals surface area contributed by atoms with Crippen molar-refractivity contribution in [2.45, 2.75) is 25.8 Å². The fourth-order valence-corrected chi connectivity index (χ4v) is 2.95. The molecule has 3 aromatic rings. The van der Waals surface area contributed by atoms with Gasteiger partial charge in [-0.25, -0.2) is 0 Å². The van der Waals surface area contributed by atoms with Gasteiger partial charge in [0.25, 0.3) is 0 Å². The Labute approximate surface area is 162 Å². The van der Waals surface area contributed by atoms with Crippen molar-refractivity contribution in [1.29, 1.82) is 0 Å². The third-order valence-electron chi connectivity index (χ3n) is 4.13. The number of methoxy groups -OCH3 is 1. The third-order valence-corrected chi connectivity index (χ3v) is 4.48. The highest BCUT2D eigenvalue weighted by molar-refractivity contribution is 6.31. The van der Waals surface area contributed by atoms with Crippen molar-refractivity contribution >= 4 is 17.5 Å². The van der Waals surface area contributed by atoms with Crippen LogP contribution in [0.15, 0.2) is 53.1 Å². The number of aromatic nitrogens is 2. The molecule has 0 aliphatic heterocycles. The molecular weight excluding hydrogens is 366 g/mol. The average Bonchev–Trinajstić information content (AvgIpc) is 3.16. The van der Waals surface area contributed by atoms with Crippen LogP contribution in [-0.4, -0.2) is 23.2 Å². The van der Waals surface area contributed by atoms with Gasteiger partial charge >= 0.3 is 0 Å². The predicted molar refractivity (Wildman–Crippen MR) is 103 cm³/mol. The lowest BCUT2D eigenvalue weighted by Crippen LogP contribution is -2.27. The number of benzene rings is 2. The van der Waals surface area contributed by atoms with Crippen molar-refractivity contribution in [3.8, 4) is 17.1 Å². The van der Waals surface area contributed by atoms with Crippen molar-refractivity contribution in [3.63, 3.8) is 0 Å². The van der Waals surface area contributed by atoms with E-state index in [1.165, 1.54) is 0 Å². The van der Waals surface area contributed by atoms with Gasteiger partial charge in [0.1, 0.15) is 5.75 Å². The Morgan fingerprint density at radius 1 is 1.22 bits per heavy atom. The van der Waals surface area contributed by atoms with Gasteiger partial charge in [0, 0.05) is 23.4 Å². The molecule has 0 fully saturated rings. The van der Waals surface area contributed by atoms with E-state index in [0.29, 0.717) is 23.2 Å². The fourth-order valence-electron chi connectivity index (χ4n) is 2.65. The van der Waals surface area contributed by atoms with E-state index in [0.717, 1.165) is 16.9 Å². The molecule has 1 heterocycles. The van der Waals surface area contributed by atoms with E-state index in [1.807, 2.05) is 49.4 Å². The topological polar surface area (TPSA) is 77.2 Å². The van der Waals surface area contributed by atoms with Gasteiger partial charge in [-0.2, -0.15) is 4.98 Å². The van der Waals surface area contributed by atoms with Gasteiger partial charge in [0.05, 0.1) is 13.2 Å². The fraction of sp³-hybridized carbons (Fsp3) is 0.250. The molecule has 1 unspecified atom stereocenters. The van der Waals surface area contributed by atoms with E-state index < -0.39 is 0 Å². The van der Waals surface area contributed by atoms with E-state index in [-0.39, 0.29) is 18.4 Å². The monoisotopic (exact) mass is 385 g/mol. The molecule has 0 saturated carbocycles. The quantitative estimate of drug-likeness (QED) is 0.659. The van der Waals surface area contributed by atoms with E-state index in [1.54, 1.807) is 13.2 Å². The molecule has 3 rings (SSSR count). The third kappa shape index (κ3) is 4.86. The van der Waals surface area contributed by atoms with Gasteiger partial charge < -0.3 is 14.6 Å². The molecule has 1 amide bonds. The van der Waals surface area contributed by atoms with Crippen LogP contribution in [0.3, 0.4) is 0 Å². The Balaban J connectivity index is 1.55. The summed E-state index contributed by atoms with van der Waals surface area (Å²) in [4.78, 5) is 16.5. The summed E-state index contributed by atoms with van der Waals surface area (Å²) in [5.74, 6) is 1.55. The van der Waals surface area contributed by atoms with Crippen LogP contribution in [0.1, 0.15) is 30.8 Å². The number of halogens is 1. The SMILES string of the molecule is COc1ccc(-c2noc(CCC(=O)NC(C)c3ccccc3Cl)n2)cc1. The number of rotatable bonds is 7. The first kappa shape index (κ1) is 18.9. The number of nitrogens with one attached hydrogen (secondary N) is 1. The van der Waals surface area contributed by atoms with Crippen molar-refractivity contribution in [1.82, 2.24) is 15.5 Å². The first-order chi connectivity index (χ1) is 13.1. The summed E-state index contributed by atoms with van der Waals surface area (Å²) in [6.45, 7) is 1.90. The highest BCUT2D eigenvalue weighted by Crippen LogP contribution is 2.22. The lowest BCUT2D eigenvalue weighted by atomic mass is 10.1. The van der Waals surface area contributed by atoms with Gasteiger partial charge in [-0.05, 0) is 42.8 Å². The van der Waals surface area contributed by atoms with Gasteiger partial charge in [-0.15, -0.1) is 0 Å². The van der Waals surface area contributed by atoms with Gasteiger partial charge in [0.2, 0.25) is 17.6 Å². The molecule has 1 N–H and O–H groups in total. The second-order valence-corrected chi connectivity index (χ2v) is 6.46. The zero-order chi connectivity index (χ0) is 19.2. The van der Waals surface area contributed by atoms with Crippen LogP contribution in [0.2, 0.25) is 5.02 Å². The largest absolute Gasteiger partial charge is 0.497 e. The van der Waals surface area contributed by atoms with Crippen LogP contribution >= 0.6 is 11.6 Å². The Hall–Kier alpha value is -2.86. The molecule has 7 heteroatoms. The highest BCUT2D eigenvalue weighted by atomic mass is 35.5. The number of amides is 1. The molecule has 0 bridgehead atoms. The van der Waals surface area contributed by atoms with E-state index >= 15 is 0 Å². The van der Waals surface area contributed by atoms with E-state index in [9.17, 15) is 4.79 Å². The Morgan fingerprint density at radius 3 is 2.67 bits per heavy atom. The number of ether oxygens (including phenoxy) is 1. The smallest absolute Gasteiger partial charge is 0.227 e. The van der Waals surface area contributed by atoms with Crippen LogP contribution in [0.5, 0.6) is 5.75 Å². The van der Waals surface area contributed by atoms with Crippen molar-refractivity contribution < 1.29 is 14.1 Å². The number of hydrogen-bond donors (Lipinski definition) is 1. The van der Waals surface area contributed by atoms with Crippen LogP contribution in [0.4, 0.5) is 0 Å². The van der Waals surface area contributed by atoms with Crippen LogP contribution in [-0.2, 0) is 11.2 Å². The normalized spacial score (nSPS) is 11.8. The summed E-state index contributed by atoms with van der Waals surface area (Å²) in [6.07, 6.45) is 0.614. The number of aryl methyl sites for hydroxylation is 1. The molecule has 0 radical (unpaired) electrons. The number of carbonyl (C=O) groups is 1. The maximum Gasteiger partial charge on any atom is 0.227 e. The molecule has 2 aromatic carbocycles. The maximum atomic E-state index is 12.2. The molecule has 27 heavy (non-hydrogen) atoms. The molecular formula is C20H20ClN3O3. The standard InChI is InChI=1S/C20H20ClN3O3/c1-13(16-5-3-4-6-17(16)21)22-18(25)11-12-19-23-20(24-27-19)14-7-9-15(26-2)10-8-14/h3-10,13H,11-12H2,1-2H3,(H,22,25). The zero-order valence-corrected chi connectivity index (χ0v) is 15.9. The van der Waals surface area contributed by atoms with Gasteiger partial charge in [-0.3, -0.25) is 4.79 Å². The van der Waals surface area contributed by atoms with Crippen LogP contribution in [0, 0.1) is 0 Å². The summed E-state index contributed by atoms with van der Waals surface area (Å²) < 4.78 is 10.4. The second-order valence-electron chi connectivity index (χ2n) is 6.05. The minimum Gasteiger partial charge on any atom is -0.497 e. The molecule has 140 valence electrons. The van der Waals surface area contributed by atoms with E-state index in [4.69, 9.17) is 20.9 Å². The lowest BCUT2D eigenvalue weighted by Gasteiger charge is -2.15. The minimum atomic E-state index is -0.177. The molecule has 0 spiro atoms. The van der Waals surface area contributed by atoms with E-state index in [2.05, 4.69) is 15.5 Å². The highest BCUT2D eigenvalue weighted by Gasteiger charge is 2.14. The predicted octanol–water partition coefficient (Wildman–Crippen LogP) is 4.21. The van der Waals surface area contributed by atoms with Crippen molar-refractivity contribution in [2.75, 3.05) is 7.11 Å². The Kier molecular flexibility index (Phi) is 6.08. The zero-order valence-electron chi connectivity index (χ0n) is 15.1. The maximum absolute atomic E-state index is 12.2. The summed E-state index contributed by atoms with van der Waals surface area (Å²) >= 11 is 6.16. The Morgan fingerprint density at radius 2 is 1.96 bits per heavy atom. The summed E-state index contributed by atoms with van der Waals surface area (Å²) in [7, 11) is 1.61. The number of hydrogen-bond acceptors (Lipinski definition) is 5. The van der Waals surface area contributed by atoms with Gasteiger partial charge in [-0.1, -0.05) is 35.0 Å². The van der Waals surface area contributed by atoms with Crippen LogP contribution < -0.4 is 10.1 Å². The van der Waals surface area contributed by atoms with Gasteiger partial charge in [0.15, 0.2) is 0 Å². The molecule has 1 aromatic heterocycles. The molecule has 0 aliphatic carbocycles. The second kappa shape index (κ2) is 8.68. The molecule has 0 aliphatic rings. The minimum absolute atomic E-state index is 0.105. The Bertz CT molecular complexity index is 909. The number of nitrogens with zero attached hydrogens (tertiary/aromatic N) is 2. The van der Waals surface area contributed by atoms with Crippen molar-refractivity contribution in [3.05, 3.63) is 65.0 Å². The van der Waals surface area contributed by atoms with Crippen molar-refractivity contribution in [2.24, 2.45) is 0 Å². The summed E-state index contributed by atoms with van der Waals surface area (Å²) in [5, 5.41) is 7.53. The first-order valence-electron chi connectivity index (χ1n) is 8.57. The molecule has 1 atom stereocenters. The summed E-state index contributed by atoms with van der Waals surface area (Å²) in [6, 6.07) is 14.6. The summed E-state index contributed by atoms with van der Waals surface area (Å²) in [5.41, 5.74) is 1.70. The molecule has 6 nitrogen and oxygen atoms in total. The lowest BCUT2D eigenvalue weighted by molar-refractivity contribution is -0.121. The first-order valence-corrected chi connectivity index (χ1v) is 8.95. The molecule has 0 saturated heterocycles. The number of carbonyl (C=O) groups excluding carboxylic acids is 1. The van der Waals surface area contributed by atoms with Crippen LogP contribution in [0.25, 0.3) is 11.4 Å². The average molecular weight is 386 g/mol.